The van der Waals surface area contributed by atoms with Crippen molar-refractivity contribution >= 4 is 23.2 Å². The molecule has 1 amide bonds. The van der Waals surface area contributed by atoms with Crippen LogP contribution in [0, 0.1) is 5.92 Å². The van der Waals surface area contributed by atoms with Crippen molar-refractivity contribution in [1.29, 1.82) is 0 Å². The van der Waals surface area contributed by atoms with Crippen LogP contribution in [0.3, 0.4) is 0 Å². The molecule has 1 aliphatic heterocycles. The van der Waals surface area contributed by atoms with E-state index >= 15 is 0 Å². The van der Waals surface area contributed by atoms with Crippen LogP contribution in [0.15, 0.2) is 18.2 Å². The molecule has 0 spiro atoms. The topological polar surface area (TPSA) is 41.6 Å². The minimum Gasteiger partial charge on any atom is -0.382 e. The lowest BCUT2D eigenvalue weighted by Crippen LogP contribution is -2.29. The van der Waals surface area contributed by atoms with E-state index in [1.165, 1.54) is 0 Å². The number of benzene rings is 1. The molecule has 4 nitrogen and oxygen atoms in total. The average Bonchev–Trinajstić information content (AvgIpc) is 2.92. The van der Waals surface area contributed by atoms with Crippen LogP contribution >= 0.6 is 11.6 Å². The molecule has 2 unspecified atom stereocenters. The number of carbonyl (C=O) groups is 1. The third kappa shape index (κ3) is 3.44. The zero-order chi connectivity index (χ0) is 14.7. The second kappa shape index (κ2) is 6.46. The Morgan fingerprint density at radius 1 is 1.50 bits per heavy atom. The van der Waals surface area contributed by atoms with E-state index in [2.05, 4.69) is 12.2 Å². The van der Waals surface area contributed by atoms with Gasteiger partial charge in [0.05, 0.1) is 12.2 Å². The third-order valence-corrected chi connectivity index (χ3v) is 3.91. The van der Waals surface area contributed by atoms with E-state index in [9.17, 15) is 4.79 Å². The van der Waals surface area contributed by atoms with Gasteiger partial charge in [-0.2, -0.15) is 0 Å². The van der Waals surface area contributed by atoms with Gasteiger partial charge in [0.1, 0.15) is 0 Å². The quantitative estimate of drug-likeness (QED) is 0.929. The molecule has 1 N–H and O–H groups in total. The molecule has 110 valence electrons. The van der Waals surface area contributed by atoms with Crippen LogP contribution in [0.1, 0.15) is 23.7 Å². The number of amides is 1. The Balaban J connectivity index is 2.20. The van der Waals surface area contributed by atoms with Crippen LogP contribution in [0.5, 0.6) is 0 Å². The molecule has 1 aromatic rings. The summed E-state index contributed by atoms with van der Waals surface area (Å²) in [6.45, 7) is 3.70. The Bertz CT molecular complexity index is 485. The standard InChI is InChI=1S/C15H21ClN2O2/c1-10(11-6-7-20-9-11)17-14-8-12(16)4-5-13(14)15(19)18(2)3/h4-5,8,10-11,17H,6-7,9H2,1-3H3. The molecule has 1 fully saturated rings. The fourth-order valence-corrected chi connectivity index (χ4v) is 2.55. The fraction of sp³-hybridized carbons (Fsp3) is 0.533. The number of nitrogens with one attached hydrogen (secondary N) is 1. The van der Waals surface area contributed by atoms with Crippen molar-refractivity contribution in [3.63, 3.8) is 0 Å². The monoisotopic (exact) mass is 296 g/mol. The Kier molecular flexibility index (Phi) is 4.89. The maximum Gasteiger partial charge on any atom is 0.255 e. The van der Waals surface area contributed by atoms with Gasteiger partial charge in [-0.15, -0.1) is 0 Å². The first-order valence-electron chi connectivity index (χ1n) is 6.84. The summed E-state index contributed by atoms with van der Waals surface area (Å²) in [5, 5.41) is 4.04. The van der Waals surface area contributed by atoms with Gasteiger partial charge in [0.2, 0.25) is 0 Å². The minimum absolute atomic E-state index is 0.0287. The SMILES string of the molecule is CC(Nc1cc(Cl)ccc1C(=O)N(C)C)C1CCOC1. The second-order valence-corrected chi connectivity index (χ2v) is 5.88. The second-order valence-electron chi connectivity index (χ2n) is 5.45. The Morgan fingerprint density at radius 3 is 2.85 bits per heavy atom. The van der Waals surface area contributed by atoms with Crippen LogP contribution in [0.25, 0.3) is 0 Å². The van der Waals surface area contributed by atoms with E-state index in [1.54, 1.807) is 31.1 Å². The molecule has 0 radical (unpaired) electrons. The van der Waals surface area contributed by atoms with Crippen molar-refractivity contribution < 1.29 is 9.53 Å². The molecule has 1 saturated heterocycles. The summed E-state index contributed by atoms with van der Waals surface area (Å²) in [4.78, 5) is 13.8. The van der Waals surface area contributed by atoms with Crippen LogP contribution < -0.4 is 5.32 Å². The smallest absolute Gasteiger partial charge is 0.255 e. The van der Waals surface area contributed by atoms with E-state index in [0.717, 1.165) is 25.3 Å². The number of hydrogen-bond donors (Lipinski definition) is 1. The lowest BCUT2D eigenvalue weighted by atomic mass is 10.00. The molecule has 2 atom stereocenters. The highest BCUT2D eigenvalue weighted by Gasteiger charge is 2.23. The van der Waals surface area contributed by atoms with Crippen molar-refractivity contribution in [2.24, 2.45) is 5.92 Å². The summed E-state index contributed by atoms with van der Waals surface area (Å²) in [6.07, 6.45) is 1.05. The first-order valence-corrected chi connectivity index (χ1v) is 7.22. The summed E-state index contributed by atoms with van der Waals surface area (Å²) in [5.74, 6) is 0.440. The molecular weight excluding hydrogens is 276 g/mol. The number of halogens is 1. The van der Waals surface area contributed by atoms with Gasteiger partial charge in [-0.25, -0.2) is 0 Å². The van der Waals surface area contributed by atoms with Crippen molar-refractivity contribution in [3.8, 4) is 0 Å². The highest BCUT2D eigenvalue weighted by atomic mass is 35.5. The molecule has 0 saturated carbocycles. The molecule has 0 aromatic heterocycles. The maximum absolute atomic E-state index is 12.2. The highest BCUT2D eigenvalue weighted by Crippen LogP contribution is 2.26. The van der Waals surface area contributed by atoms with Crippen LogP contribution in [0.2, 0.25) is 5.02 Å². The molecule has 5 heteroatoms. The molecule has 20 heavy (non-hydrogen) atoms. The molecule has 1 aromatic carbocycles. The average molecular weight is 297 g/mol. The van der Waals surface area contributed by atoms with Gasteiger partial charge in [-0.1, -0.05) is 11.6 Å². The van der Waals surface area contributed by atoms with Crippen molar-refractivity contribution in [3.05, 3.63) is 28.8 Å². The fourth-order valence-electron chi connectivity index (χ4n) is 2.37. The number of rotatable bonds is 4. The van der Waals surface area contributed by atoms with Gasteiger partial charge in [-0.05, 0) is 31.5 Å². The van der Waals surface area contributed by atoms with Crippen molar-refractivity contribution in [2.75, 3.05) is 32.6 Å². The zero-order valence-corrected chi connectivity index (χ0v) is 12.9. The van der Waals surface area contributed by atoms with Crippen molar-refractivity contribution in [1.82, 2.24) is 4.90 Å². The van der Waals surface area contributed by atoms with Crippen molar-refractivity contribution in [2.45, 2.75) is 19.4 Å². The van der Waals surface area contributed by atoms with Gasteiger partial charge in [-0.3, -0.25) is 4.79 Å². The molecule has 2 rings (SSSR count). The Hall–Kier alpha value is -1.26. The predicted molar refractivity (Wildman–Crippen MR) is 81.5 cm³/mol. The number of anilines is 1. The first-order chi connectivity index (χ1) is 9.49. The van der Waals surface area contributed by atoms with Gasteiger partial charge < -0.3 is 15.0 Å². The largest absolute Gasteiger partial charge is 0.382 e. The summed E-state index contributed by atoms with van der Waals surface area (Å²) in [5.41, 5.74) is 1.43. The van der Waals surface area contributed by atoms with E-state index < -0.39 is 0 Å². The lowest BCUT2D eigenvalue weighted by molar-refractivity contribution is 0.0828. The van der Waals surface area contributed by atoms with Crippen LogP contribution in [-0.2, 0) is 4.74 Å². The number of ether oxygens (including phenoxy) is 1. The Labute approximate surface area is 125 Å². The summed E-state index contributed by atoms with van der Waals surface area (Å²) >= 11 is 6.05. The Morgan fingerprint density at radius 2 is 2.25 bits per heavy atom. The molecule has 0 aliphatic carbocycles. The van der Waals surface area contributed by atoms with Gasteiger partial charge in [0.25, 0.3) is 5.91 Å². The van der Waals surface area contributed by atoms with Gasteiger partial charge in [0.15, 0.2) is 0 Å². The molecular formula is C15H21ClN2O2. The molecule has 0 bridgehead atoms. The summed E-state index contributed by atoms with van der Waals surface area (Å²) in [6, 6.07) is 5.56. The molecule has 1 heterocycles. The van der Waals surface area contributed by atoms with Gasteiger partial charge in [0, 0.05) is 43.4 Å². The minimum atomic E-state index is -0.0287. The number of carbonyl (C=O) groups excluding carboxylic acids is 1. The number of nitrogens with zero attached hydrogens (tertiary/aromatic N) is 1. The summed E-state index contributed by atoms with van der Waals surface area (Å²) in [7, 11) is 3.49. The normalized spacial score (nSPS) is 19.7. The van der Waals surface area contributed by atoms with Gasteiger partial charge >= 0.3 is 0 Å². The maximum atomic E-state index is 12.2. The van der Waals surface area contributed by atoms with E-state index in [4.69, 9.17) is 16.3 Å². The van der Waals surface area contributed by atoms with E-state index in [-0.39, 0.29) is 11.9 Å². The van der Waals surface area contributed by atoms with Crippen LogP contribution in [-0.4, -0.2) is 44.2 Å². The summed E-state index contributed by atoms with van der Waals surface area (Å²) < 4.78 is 5.41. The van der Waals surface area contributed by atoms with Crippen LogP contribution in [0.4, 0.5) is 5.69 Å². The first kappa shape index (κ1) is 15.1. The molecule has 1 aliphatic rings. The number of hydrogen-bond acceptors (Lipinski definition) is 3. The lowest BCUT2D eigenvalue weighted by Gasteiger charge is -2.23. The third-order valence-electron chi connectivity index (χ3n) is 3.67. The van der Waals surface area contributed by atoms with E-state index in [1.807, 2.05) is 6.07 Å². The predicted octanol–water partition coefficient (Wildman–Crippen LogP) is 2.88. The van der Waals surface area contributed by atoms with E-state index in [0.29, 0.717) is 16.5 Å². The highest BCUT2D eigenvalue weighted by molar-refractivity contribution is 6.31. The zero-order valence-electron chi connectivity index (χ0n) is 12.1.